The molecule has 0 aromatic carbocycles. The third-order valence-electron chi connectivity index (χ3n) is 3.97. The highest BCUT2D eigenvalue weighted by Crippen LogP contribution is 2.29. The Balaban J connectivity index is 2.83. The summed E-state index contributed by atoms with van der Waals surface area (Å²) in [6, 6.07) is 0.241. The van der Waals surface area contributed by atoms with Crippen LogP contribution in [0.3, 0.4) is 0 Å². The largest absolute Gasteiger partial charge is 0.481 e. The minimum absolute atomic E-state index is 0.167. The molecule has 1 saturated carbocycles. The van der Waals surface area contributed by atoms with E-state index in [1.54, 1.807) is 0 Å². The molecule has 0 aromatic rings. The molecule has 2 unspecified atom stereocenters. The summed E-state index contributed by atoms with van der Waals surface area (Å²) in [4.78, 5) is 14.0. The predicted molar refractivity (Wildman–Crippen MR) is 79.2 cm³/mol. The van der Waals surface area contributed by atoms with Crippen LogP contribution in [-0.2, 0) is 4.79 Å². The number of hydrogen-bond donors (Lipinski definition) is 1. The first kappa shape index (κ1) is 16.5. The molecule has 1 fully saturated rings. The first-order valence-corrected chi connectivity index (χ1v) is 7.88. The van der Waals surface area contributed by atoms with Gasteiger partial charge in [0.05, 0.1) is 5.92 Å². The SMILES string of the molecule is CC(C)CN(CC(C)C)C1CCCCCC1C(=O)O. The fraction of sp³-hybridized carbons (Fsp3) is 0.938. The van der Waals surface area contributed by atoms with Crippen LogP contribution in [0.25, 0.3) is 0 Å². The van der Waals surface area contributed by atoms with Crippen LogP contribution in [0.4, 0.5) is 0 Å². The van der Waals surface area contributed by atoms with Gasteiger partial charge in [0.25, 0.3) is 0 Å². The lowest BCUT2D eigenvalue weighted by Gasteiger charge is -2.36. The summed E-state index contributed by atoms with van der Waals surface area (Å²) in [5, 5.41) is 9.52. The van der Waals surface area contributed by atoms with Gasteiger partial charge < -0.3 is 5.11 Å². The van der Waals surface area contributed by atoms with Gasteiger partial charge in [-0.2, -0.15) is 0 Å². The highest BCUT2D eigenvalue weighted by molar-refractivity contribution is 5.70. The molecule has 1 N–H and O–H groups in total. The highest BCUT2D eigenvalue weighted by atomic mass is 16.4. The Morgan fingerprint density at radius 2 is 1.58 bits per heavy atom. The molecule has 2 atom stereocenters. The fourth-order valence-corrected chi connectivity index (χ4v) is 3.30. The quantitative estimate of drug-likeness (QED) is 0.748. The number of hydrogen-bond acceptors (Lipinski definition) is 2. The summed E-state index contributed by atoms with van der Waals surface area (Å²) in [5.41, 5.74) is 0. The molecule has 3 heteroatoms. The first-order valence-electron chi connectivity index (χ1n) is 7.88. The molecule has 0 amide bonds. The topological polar surface area (TPSA) is 40.5 Å². The standard InChI is InChI=1S/C16H31NO2/c1-12(2)10-17(11-13(3)4)15-9-7-5-6-8-14(15)16(18)19/h12-15H,5-11H2,1-4H3,(H,18,19). The Hall–Kier alpha value is -0.570. The second-order valence-electron chi connectivity index (χ2n) is 6.89. The number of aliphatic carboxylic acids is 1. The molecular weight excluding hydrogens is 238 g/mol. The van der Waals surface area contributed by atoms with Crippen LogP contribution in [0.1, 0.15) is 59.8 Å². The van der Waals surface area contributed by atoms with Crippen LogP contribution >= 0.6 is 0 Å². The predicted octanol–water partition coefficient (Wildman–Crippen LogP) is 3.63. The summed E-state index contributed by atoms with van der Waals surface area (Å²) >= 11 is 0. The van der Waals surface area contributed by atoms with Gasteiger partial charge in [0.15, 0.2) is 0 Å². The molecule has 0 radical (unpaired) electrons. The molecule has 19 heavy (non-hydrogen) atoms. The lowest BCUT2D eigenvalue weighted by Crippen LogP contribution is -2.46. The highest BCUT2D eigenvalue weighted by Gasteiger charge is 2.33. The molecule has 0 saturated heterocycles. The van der Waals surface area contributed by atoms with Gasteiger partial charge in [-0.25, -0.2) is 0 Å². The molecular formula is C16H31NO2. The van der Waals surface area contributed by atoms with Gasteiger partial charge in [-0.15, -0.1) is 0 Å². The van der Waals surface area contributed by atoms with Gasteiger partial charge >= 0.3 is 5.97 Å². The molecule has 1 rings (SSSR count). The van der Waals surface area contributed by atoms with Crippen LogP contribution in [0.5, 0.6) is 0 Å². The van der Waals surface area contributed by atoms with E-state index >= 15 is 0 Å². The molecule has 0 bridgehead atoms. The van der Waals surface area contributed by atoms with Crippen molar-refractivity contribution in [3.05, 3.63) is 0 Å². The summed E-state index contributed by atoms with van der Waals surface area (Å²) in [6.07, 6.45) is 5.35. The molecule has 112 valence electrons. The number of carbonyl (C=O) groups is 1. The van der Waals surface area contributed by atoms with Crippen molar-refractivity contribution >= 4 is 5.97 Å². The minimum atomic E-state index is -0.593. The van der Waals surface area contributed by atoms with Crippen molar-refractivity contribution in [3.63, 3.8) is 0 Å². The van der Waals surface area contributed by atoms with Gasteiger partial charge in [0, 0.05) is 19.1 Å². The first-order chi connectivity index (χ1) is 8.91. The normalized spacial score (nSPS) is 25.0. The van der Waals surface area contributed by atoms with E-state index in [1.165, 1.54) is 12.8 Å². The lowest BCUT2D eigenvalue weighted by atomic mass is 9.92. The molecule has 1 aliphatic rings. The molecule has 3 nitrogen and oxygen atoms in total. The number of carboxylic acid groups (broad SMARTS) is 1. The number of carboxylic acids is 1. The summed E-state index contributed by atoms with van der Waals surface area (Å²) in [6.45, 7) is 10.9. The van der Waals surface area contributed by atoms with E-state index in [4.69, 9.17) is 0 Å². The van der Waals surface area contributed by atoms with Crippen LogP contribution in [-0.4, -0.2) is 35.1 Å². The zero-order chi connectivity index (χ0) is 14.4. The van der Waals surface area contributed by atoms with Crippen molar-refractivity contribution in [2.75, 3.05) is 13.1 Å². The molecule has 0 aliphatic heterocycles. The van der Waals surface area contributed by atoms with E-state index in [2.05, 4.69) is 32.6 Å². The van der Waals surface area contributed by atoms with Crippen LogP contribution in [0, 0.1) is 17.8 Å². The third-order valence-corrected chi connectivity index (χ3v) is 3.97. The molecule has 1 aliphatic carbocycles. The maximum Gasteiger partial charge on any atom is 0.308 e. The minimum Gasteiger partial charge on any atom is -0.481 e. The zero-order valence-corrected chi connectivity index (χ0v) is 13.1. The Morgan fingerprint density at radius 1 is 1.05 bits per heavy atom. The number of rotatable bonds is 6. The molecule has 0 heterocycles. The van der Waals surface area contributed by atoms with Crippen LogP contribution < -0.4 is 0 Å². The van der Waals surface area contributed by atoms with Crippen molar-refractivity contribution in [3.8, 4) is 0 Å². The molecule has 0 spiro atoms. The average molecular weight is 269 g/mol. The van der Waals surface area contributed by atoms with Crippen LogP contribution in [0.2, 0.25) is 0 Å². The monoisotopic (exact) mass is 269 g/mol. The van der Waals surface area contributed by atoms with Crippen molar-refractivity contribution in [1.82, 2.24) is 4.90 Å². The van der Waals surface area contributed by atoms with Gasteiger partial charge in [-0.05, 0) is 24.7 Å². The van der Waals surface area contributed by atoms with Gasteiger partial charge in [0.1, 0.15) is 0 Å². The second-order valence-corrected chi connectivity index (χ2v) is 6.89. The molecule has 0 aromatic heterocycles. The van der Waals surface area contributed by atoms with E-state index in [1.807, 2.05) is 0 Å². The Morgan fingerprint density at radius 3 is 2.05 bits per heavy atom. The van der Waals surface area contributed by atoms with E-state index in [-0.39, 0.29) is 12.0 Å². The van der Waals surface area contributed by atoms with E-state index in [9.17, 15) is 9.90 Å². The fourth-order valence-electron chi connectivity index (χ4n) is 3.30. The van der Waals surface area contributed by atoms with Crippen molar-refractivity contribution < 1.29 is 9.90 Å². The Labute approximate surface area is 118 Å². The maximum absolute atomic E-state index is 11.6. The van der Waals surface area contributed by atoms with Crippen molar-refractivity contribution in [2.24, 2.45) is 17.8 Å². The van der Waals surface area contributed by atoms with Gasteiger partial charge in [0.2, 0.25) is 0 Å². The Bertz CT molecular complexity index is 266. The van der Waals surface area contributed by atoms with E-state index < -0.39 is 5.97 Å². The van der Waals surface area contributed by atoms with E-state index in [0.29, 0.717) is 11.8 Å². The number of nitrogens with zero attached hydrogens (tertiary/aromatic N) is 1. The van der Waals surface area contributed by atoms with Crippen molar-refractivity contribution in [1.29, 1.82) is 0 Å². The second kappa shape index (κ2) is 7.88. The van der Waals surface area contributed by atoms with Gasteiger partial charge in [-0.1, -0.05) is 47.0 Å². The summed E-state index contributed by atoms with van der Waals surface area (Å²) < 4.78 is 0. The van der Waals surface area contributed by atoms with E-state index in [0.717, 1.165) is 32.4 Å². The van der Waals surface area contributed by atoms with Crippen LogP contribution in [0.15, 0.2) is 0 Å². The lowest BCUT2D eigenvalue weighted by molar-refractivity contribution is -0.144. The maximum atomic E-state index is 11.6. The van der Waals surface area contributed by atoms with Crippen molar-refractivity contribution in [2.45, 2.75) is 65.8 Å². The smallest absolute Gasteiger partial charge is 0.308 e. The van der Waals surface area contributed by atoms with Gasteiger partial charge in [-0.3, -0.25) is 9.69 Å². The Kier molecular flexibility index (Phi) is 6.84. The average Bonchev–Trinajstić information content (AvgIpc) is 2.51. The summed E-state index contributed by atoms with van der Waals surface area (Å²) in [5.74, 6) is 0.428. The third kappa shape index (κ3) is 5.52. The summed E-state index contributed by atoms with van der Waals surface area (Å²) in [7, 11) is 0. The zero-order valence-electron chi connectivity index (χ0n) is 13.1.